The summed E-state index contributed by atoms with van der Waals surface area (Å²) in [4.78, 5) is -0.260. The second-order valence-electron chi connectivity index (χ2n) is 5.92. The SMILES string of the molecule is O=S(=O)(O)OS1(C(F)(F)F)C(C2CCCCC2)=Cc2ccccc21. The lowest BCUT2D eigenvalue weighted by molar-refractivity contribution is -0.0434. The van der Waals surface area contributed by atoms with Crippen LogP contribution in [0.3, 0.4) is 0 Å². The zero-order valence-electron chi connectivity index (χ0n) is 12.6. The van der Waals surface area contributed by atoms with E-state index >= 15 is 0 Å². The second kappa shape index (κ2) is 6.05. The van der Waals surface area contributed by atoms with Gasteiger partial charge in [-0.05, 0) is 36.5 Å². The van der Waals surface area contributed by atoms with Gasteiger partial charge in [-0.2, -0.15) is 25.2 Å². The summed E-state index contributed by atoms with van der Waals surface area (Å²) in [7, 11) is -9.60. The van der Waals surface area contributed by atoms with Gasteiger partial charge in [0.1, 0.15) is 0 Å². The van der Waals surface area contributed by atoms with Gasteiger partial charge >= 0.3 is 15.9 Å². The molecule has 1 aromatic carbocycles. The first-order valence-electron chi connectivity index (χ1n) is 7.54. The van der Waals surface area contributed by atoms with E-state index in [1.807, 2.05) is 0 Å². The molecular weight excluding hydrogens is 365 g/mol. The van der Waals surface area contributed by atoms with Gasteiger partial charge in [0.15, 0.2) is 0 Å². The minimum atomic E-state index is -5.29. The third-order valence-electron chi connectivity index (χ3n) is 4.38. The van der Waals surface area contributed by atoms with Crippen molar-refractivity contribution in [2.45, 2.75) is 42.5 Å². The van der Waals surface area contributed by atoms with Crippen LogP contribution in [0.1, 0.15) is 37.7 Å². The summed E-state index contributed by atoms with van der Waals surface area (Å²) >= 11 is 0. The number of benzene rings is 1. The predicted octanol–water partition coefficient (Wildman–Crippen LogP) is 5.04. The molecule has 1 aliphatic heterocycles. The molecule has 24 heavy (non-hydrogen) atoms. The van der Waals surface area contributed by atoms with Crippen molar-refractivity contribution in [3.8, 4) is 0 Å². The lowest BCUT2D eigenvalue weighted by atomic mass is 9.88. The molecule has 2 aliphatic rings. The van der Waals surface area contributed by atoms with E-state index in [9.17, 15) is 21.6 Å². The van der Waals surface area contributed by atoms with E-state index in [0.29, 0.717) is 18.4 Å². The van der Waals surface area contributed by atoms with Gasteiger partial charge < -0.3 is 0 Å². The number of fused-ring (bicyclic) bond motifs is 1. The molecule has 0 bridgehead atoms. The van der Waals surface area contributed by atoms with Crippen molar-refractivity contribution in [1.82, 2.24) is 0 Å². The third kappa shape index (κ3) is 2.98. The number of rotatable bonds is 3. The first-order chi connectivity index (χ1) is 11.2. The Kier molecular flexibility index (Phi) is 4.48. The highest BCUT2D eigenvalue weighted by molar-refractivity contribution is 8.36. The van der Waals surface area contributed by atoms with Crippen LogP contribution >= 0.6 is 10.3 Å². The van der Waals surface area contributed by atoms with Crippen molar-refractivity contribution < 1.29 is 29.8 Å². The summed E-state index contributed by atoms with van der Waals surface area (Å²) in [6.07, 6.45) is 5.04. The number of hydrogen-bond donors (Lipinski definition) is 1. The van der Waals surface area contributed by atoms with E-state index in [1.165, 1.54) is 24.3 Å². The van der Waals surface area contributed by atoms with Crippen molar-refractivity contribution in [2.75, 3.05) is 0 Å². The lowest BCUT2D eigenvalue weighted by Gasteiger charge is -2.41. The van der Waals surface area contributed by atoms with E-state index in [1.54, 1.807) is 6.07 Å². The molecule has 9 heteroatoms. The molecule has 0 saturated heterocycles. The molecule has 0 spiro atoms. The molecule has 1 heterocycles. The summed E-state index contributed by atoms with van der Waals surface area (Å²) in [5.41, 5.74) is -4.65. The van der Waals surface area contributed by atoms with Crippen LogP contribution in [-0.2, 0) is 14.0 Å². The maximum absolute atomic E-state index is 14.1. The largest absolute Gasteiger partial charge is 0.456 e. The van der Waals surface area contributed by atoms with Gasteiger partial charge in [-0.15, -0.1) is 0 Å². The molecule has 1 aromatic rings. The van der Waals surface area contributed by atoms with Crippen molar-refractivity contribution >= 4 is 26.8 Å². The van der Waals surface area contributed by atoms with Gasteiger partial charge in [0.25, 0.3) is 0 Å². The van der Waals surface area contributed by atoms with Gasteiger partial charge in [0.2, 0.25) is 0 Å². The van der Waals surface area contributed by atoms with E-state index in [4.69, 9.17) is 4.55 Å². The molecule has 1 unspecified atom stereocenters. The predicted molar refractivity (Wildman–Crippen MR) is 85.5 cm³/mol. The molecule has 1 saturated carbocycles. The zero-order valence-corrected chi connectivity index (χ0v) is 14.3. The minimum absolute atomic E-state index is 0.0477. The van der Waals surface area contributed by atoms with Gasteiger partial charge in [-0.3, -0.25) is 4.55 Å². The Morgan fingerprint density at radius 3 is 2.33 bits per heavy atom. The van der Waals surface area contributed by atoms with Crippen LogP contribution in [0, 0.1) is 5.92 Å². The Morgan fingerprint density at radius 2 is 1.75 bits per heavy atom. The van der Waals surface area contributed by atoms with Crippen molar-refractivity contribution in [3.63, 3.8) is 0 Å². The maximum atomic E-state index is 14.1. The van der Waals surface area contributed by atoms with E-state index in [-0.39, 0.29) is 9.80 Å². The average Bonchev–Trinajstić information content (AvgIpc) is 2.82. The molecule has 1 fully saturated rings. The van der Waals surface area contributed by atoms with Gasteiger partial charge in [-0.25, -0.2) is 0 Å². The average molecular weight is 382 g/mol. The molecule has 0 radical (unpaired) electrons. The Morgan fingerprint density at radius 1 is 1.12 bits per heavy atom. The van der Waals surface area contributed by atoms with Crippen molar-refractivity contribution in [2.24, 2.45) is 5.92 Å². The summed E-state index contributed by atoms with van der Waals surface area (Å²) in [5, 5.41) is 0. The van der Waals surface area contributed by atoms with Crippen LogP contribution in [-0.4, -0.2) is 18.5 Å². The molecule has 134 valence electrons. The third-order valence-corrected chi connectivity index (χ3v) is 8.64. The van der Waals surface area contributed by atoms with Crippen LogP contribution in [0.15, 0.2) is 34.1 Å². The standard InChI is InChI=1S/C15H17F3O4S2/c16-15(17,18)23(22-24(19,20)21)13-9-5-4-8-12(13)10-14(23)11-6-2-1-3-7-11/h4-5,8-11H,1-3,6-7H2,(H,19,20,21). The van der Waals surface area contributed by atoms with Crippen molar-refractivity contribution in [1.29, 1.82) is 0 Å². The first-order valence-corrected chi connectivity index (χ1v) is 10.5. The smallest absolute Gasteiger partial charge is 0.263 e. The fraction of sp³-hybridized carbons (Fsp3) is 0.467. The lowest BCUT2D eigenvalue weighted by Crippen LogP contribution is -2.28. The zero-order chi connectivity index (χ0) is 17.6. The molecule has 4 nitrogen and oxygen atoms in total. The highest BCUT2D eigenvalue weighted by Gasteiger charge is 2.61. The minimum Gasteiger partial charge on any atom is -0.263 e. The van der Waals surface area contributed by atoms with Crippen LogP contribution < -0.4 is 0 Å². The van der Waals surface area contributed by atoms with Gasteiger partial charge in [-0.1, -0.05) is 37.5 Å². The Bertz CT molecular complexity index is 767. The molecule has 1 aliphatic carbocycles. The normalized spacial score (nSPS) is 28.1. The number of allylic oxidation sites excluding steroid dienone is 1. The van der Waals surface area contributed by atoms with Gasteiger partial charge in [0, 0.05) is 20.1 Å². The summed E-state index contributed by atoms with van der Waals surface area (Å²) in [6, 6.07) is 5.74. The Balaban J connectivity index is 2.22. The molecule has 0 amide bonds. The fourth-order valence-electron chi connectivity index (χ4n) is 3.47. The van der Waals surface area contributed by atoms with Crippen LogP contribution in [0.5, 0.6) is 0 Å². The Labute approximate surface area is 140 Å². The summed E-state index contributed by atoms with van der Waals surface area (Å²) in [5.74, 6) is -0.399. The number of halogens is 3. The Hall–Kier alpha value is -1.03. The quantitative estimate of drug-likeness (QED) is 0.744. The highest BCUT2D eigenvalue weighted by Crippen LogP contribution is 2.79. The molecule has 1 N–H and O–H groups in total. The van der Waals surface area contributed by atoms with Crippen molar-refractivity contribution in [3.05, 3.63) is 34.7 Å². The van der Waals surface area contributed by atoms with E-state index in [0.717, 1.165) is 19.3 Å². The summed E-state index contributed by atoms with van der Waals surface area (Å²) < 4.78 is 78.5. The van der Waals surface area contributed by atoms with Crippen LogP contribution in [0.4, 0.5) is 13.2 Å². The van der Waals surface area contributed by atoms with E-state index in [2.05, 4.69) is 3.63 Å². The maximum Gasteiger partial charge on any atom is 0.456 e. The van der Waals surface area contributed by atoms with E-state index < -0.39 is 32.1 Å². The topological polar surface area (TPSA) is 63.6 Å². The van der Waals surface area contributed by atoms with Crippen LogP contribution in [0.25, 0.3) is 6.08 Å². The summed E-state index contributed by atoms with van der Waals surface area (Å²) in [6.45, 7) is 0. The highest BCUT2D eigenvalue weighted by atomic mass is 32.3. The molecule has 1 atom stereocenters. The van der Waals surface area contributed by atoms with Gasteiger partial charge in [0.05, 0.1) is 0 Å². The molecule has 3 rings (SSSR count). The van der Waals surface area contributed by atoms with Crippen LogP contribution in [0.2, 0.25) is 0 Å². The molecular formula is C15H17F3O4S2. The second-order valence-corrected chi connectivity index (χ2v) is 9.80. The monoisotopic (exact) mass is 382 g/mol. The number of hydrogen-bond acceptors (Lipinski definition) is 3. The molecule has 0 aromatic heterocycles. The number of alkyl halides is 3. The first kappa shape index (κ1) is 17.8. The fourth-order valence-corrected chi connectivity index (χ4v) is 7.91.